The minimum atomic E-state index is -0.252. The molecule has 1 N–H and O–H groups in total. The summed E-state index contributed by atoms with van der Waals surface area (Å²) in [5.41, 5.74) is 3.37. The molecule has 1 aromatic carbocycles. The minimum absolute atomic E-state index is 0.216. The van der Waals surface area contributed by atoms with Crippen LogP contribution in [0.25, 0.3) is 0 Å². The lowest BCUT2D eigenvalue weighted by atomic mass is 10.1. The van der Waals surface area contributed by atoms with E-state index in [1.54, 1.807) is 12.1 Å². The van der Waals surface area contributed by atoms with E-state index in [0.717, 1.165) is 5.56 Å². The van der Waals surface area contributed by atoms with Crippen LogP contribution in [-0.2, 0) is 11.2 Å². The van der Waals surface area contributed by atoms with E-state index >= 15 is 0 Å². The second kappa shape index (κ2) is 5.78. The van der Waals surface area contributed by atoms with Gasteiger partial charge in [0, 0.05) is 12.6 Å². The molecule has 0 radical (unpaired) electrons. The van der Waals surface area contributed by atoms with Gasteiger partial charge in [0.2, 0.25) is 0 Å². The van der Waals surface area contributed by atoms with Crippen molar-refractivity contribution in [2.75, 3.05) is 6.54 Å². The highest BCUT2D eigenvalue weighted by Crippen LogP contribution is 2.02. The van der Waals surface area contributed by atoms with Crippen molar-refractivity contribution in [1.82, 2.24) is 5.32 Å². The third kappa shape index (κ3) is 4.25. The molecule has 1 rings (SSSR count). The van der Waals surface area contributed by atoms with Crippen LogP contribution >= 0.6 is 0 Å². The van der Waals surface area contributed by atoms with E-state index in [4.69, 9.17) is 0 Å². The molecule has 0 aliphatic heterocycles. The lowest BCUT2D eigenvalue weighted by molar-refractivity contribution is -0.116. The SMILES string of the molecule is C=C=CC(=O)NCCc1ccc(F)cc1. The highest BCUT2D eigenvalue weighted by molar-refractivity contribution is 5.87. The molecule has 3 heteroatoms. The van der Waals surface area contributed by atoms with Crippen molar-refractivity contribution in [3.8, 4) is 0 Å². The highest BCUT2D eigenvalue weighted by atomic mass is 19.1. The molecule has 0 saturated carbocycles. The van der Waals surface area contributed by atoms with E-state index in [0.29, 0.717) is 13.0 Å². The fourth-order valence-corrected chi connectivity index (χ4v) is 1.12. The molecule has 0 unspecified atom stereocenters. The van der Waals surface area contributed by atoms with Crippen LogP contribution in [0.4, 0.5) is 4.39 Å². The van der Waals surface area contributed by atoms with Gasteiger partial charge in [0.25, 0.3) is 5.91 Å². The Balaban J connectivity index is 2.35. The molecular weight excluding hydrogens is 193 g/mol. The second-order valence-electron chi connectivity index (χ2n) is 3.02. The van der Waals surface area contributed by atoms with Crippen molar-refractivity contribution >= 4 is 5.91 Å². The molecule has 0 heterocycles. The monoisotopic (exact) mass is 205 g/mol. The summed E-state index contributed by atoms with van der Waals surface area (Å²) < 4.78 is 12.5. The quantitative estimate of drug-likeness (QED) is 0.589. The van der Waals surface area contributed by atoms with Crippen molar-refractivity contribution in [2.45, 2.75) is 6.42 Å². The third-order valence-electron chi connectivity index (χ3n) is 1.86. The normalized spacial score (nSPS) is 9.13. The van der Waals surface area contributed by atoms with Crippen molar-refractivity contribution < 1.29 is 9.18 Å². The van der Waals surface area contributed by atoms with Crippen LogP contribution in [0.15, 0.2) is 42.7 Å². The summed E-state index contributed by atoms with van der Waals surface area (Å²) in [6, 6.07) is 6.21. The van der Waals surface area contributed by atoms with E-state index in [1.165, 1.54) is 18.2 Å². The number of amides is 1. The van der Waals surface area contributed by atoms with Gasteiger partial charge in [-0.25, -0.2) is 4.39 Å². The van der Waals surface area contributed by atoms with E-state index < -0.39 is 0 Å². The topological polar surface area (TPSA) is 29.1 Å². The van der Waals surface area contributed by atoms with Crippen LogP contribution in [0, 0.1) is 5.82 Å². The molecule has 0 fully saturated rings. The zero-order chi connectivity index (χ0) is 11.1. The van der Waals surface area contributed by atoms with Crippen LogP contribution in [0.3, 0.4) is 0 Å². The average Bonchev–Trinajstić information content (AvgIpc) is 2.21. The van der Waals surface area contributed by atoms with E-state index in [2.05, 4.69) is 17.6 Å². The number of hydrogen-bond donors (Lipinski definition) is 1. The Kier molecular flexibility index (Phi) is 4.32. The lowest BCUT2D eigenvalue weighted by Crippen LogP contribution is -2.23. The summed E-state index contributed by atoms with van der Waals surface area (Å²) in [7, 11) is 0. The Hall–Kier alpha value is -1.86. The van der Waals surface area contributed by atoms with Gasteiger partial charge in [0.05, 0.1) is 0 Å². The third-order valence-corrected chi connectivity index (χ3v) is 1.86. The van der Waals surface area contributed by atoms with E-state index in [1.807, 2.05) is 0 Å². The van der Waals surface area contributed by atoms with E-state index in [-0.39, 0.29) is 11.7 Å². The van der Waals surface area contributed by atoms with Crippen LogP contribution in [0.1, 0.15) is 5.56 Å². The summed E-state index contributed by atoms with van der Waals surface area (Å²) in [4.78, 5) is 11.0. The van der Waals surface area contributed by atoms with Gasteiger partial charge in [-0.05, 0) is 24.1 Å². The standard InChI is InChI=1S/C12H12FNO/c1-2-3-12(15)14-9-8-10-4-6-11(13)7-5-10/h3-7H,1,8-9H2,(H,14,15). The highest BCUT2D eigenvalue weighted by Gasteiger charge is 1.96. The zero-order valence-electron chi connectivity index (χ0n) is 8.29. The first-order valence-electron chi connectivity index (χ1n) is 4.60. The summed E-state index contributed by atoms with van der Waals surface area (Å²) in [6.07, 6.45) is 1.92. The minimum Gasteiger partial charge on any atom is -0.352 e. The van der Waals surface area contributed by atoms with Crippen molar-refractivity contribution in [2.24, 2.45) is 0 Å². The summed E-state index contributed by atoms with van der Waals surface area (Å²) >= 11 is 0. The number of benzene rings is 1. The van der Waals surface area contributed by atoms with Gasteiger partial charge in [-0.2, -0.15) is 0 Å². The van der Waals surface area contributed by atoms with Gasteiger partial charge < -0.3 is 5.32 Å². The number of nitrogens with one attached hydrogen (secondary N) is 1. The Morgan fingerprint density at radius 3 is 2.73 bits per heavy atom. The lowest BCUT2D eigenvalue weighted by Gasteiger charge is -2.01. The summed E-state index contributed by atoms with van der Waals surface area (Å²) in [6.45, 7) is 3.81. The fraction of sp³-hybridized carbons (Fsp3) is 0.167. The molecule has 0 aliphatic rings. The largest absolute Gasteiger partial charge is 0.352 e. The van der Waals surface area contributed by atoms with E-state index in [9.17, 15) is 9.18 Å². The van der Waals surface area contributed by atoms with Crippen LogP contribution in [-0.4, -0.2) is 12.5 Å². The van der Waals surface area contributed by atoms with Gasteiger partial charge >= 0.3 is 0 Å². The molecule has 1 amide bonds. The second-order valence-corrected chi connectivity index (χ2v) is 3.02. The summed E-state index contributed by atoms with van der Waals surface area (Å²) in [5, 5.41) is 2.66. The average molecular weight is 205 g/mol. The molecule has 0 bridgehead atoms. The van der Waals surface area contributed by atoms with Crippen molar-refractivity contribution in [1.29, 1.82) is 0 Å². The molecule has 2 nitrogen and oxygen atoms in total. The number of carbonyl (C=O) groups excluding carboxylic acids is 1. The molecule has 0 atom stereocenters. The molecule has 78 valence electrons. The Bertz CT molecular complexity index is 377. The van der Waals surface area contributed by atoms with Crippen molar-refractivity contribution in [3.63, 3.8) is 0 Å². The first-order valence-corrected chi connectivity index (χ1v) is 4.60. The van der Waals surface area contributed by atoms with Gasteiger partial charge in [-0.1, -0.05) is 18.7 Å². The van der Waals surface area contributed by atoms with Crippen molar-refractivity contribution in [3.05, 3.63) is 54.0 Å². The molecule has 0 spiro atoms. The fourth-order valence-electron chi connectivity index (χ4n) is 1.12. The predicted molar refractivity (Wildman–Crippen MR) is 56.8 cm³/mol. The summed E-state index contributed by atoms with van der Waals surface area (Å²) in [5.74, 6) is -0.468. The molecular formula is C12H12FNO. The first-order chi connectivity index (χ1) is 7.22. The van der Waals surface area contributed by atoms with Gasteiger partial charge in [-0.15, -0.1) is 5.73 Å². The van der Waals surface area contributed by atoms with Crippen LogP contribution in [0.2, 0.25) is 0 Å². The first kappa shape index (κ1) is 11.2. The van der Waals surface area contributed by atoms with Gasteiger partial charge in [-0.3, -0.25) is 4.79 Å². The van der Waals surface area contributed by atoms with Gasteiger partial charge in [0.15, 0.2) is 0 Å². The van der Waals surface area contributed by atoms with Crippen LogP contribution < -0.4 is 5.32 Å². The number of halogens is 1. The maximum atomic E-state index is 12.5. The number of carbonyl (C=O) groups is 1. The Labute approximate surface area is 88.1 Å². The maximum absolute atomic E-state index is 12.5. The smallest absolute Gasteiger partial charge is 0.251 e. The predicted octanol–water partition coefficient (Wildman–Crippen LogP) is 1.83. The molecule has 1 aromatic rings. The molecule has 0 aromatic heterocycles. The molecule has 0 saturated heterocycles. The Morgan fingerprint density at radius 2 is 2.13 bits per heavy atom. The van der Waals surface area contributed by atoms with Crippen LogP contribution in [0.5, 0.6) is 0 Å². The number of rotatable bonds is 4. The molecule has 15 heavy (non-hydrogen) atoms. The molecule has 0 aliphatic carbocycles. The zero-order valence-corrected chi connectivity index (χ0v) is 8.29. The van der Waals surface area contributed by atoms with Gasteiger partial charge in [0.1, 0.15) is 5.82 Å². The number of hydrogen-bond acceptors (Lipinski definition) is 1. The Morgan fingerprint density at radius 1 is 1.47 bits per heavy atom. The maximum Gasteiger partial charge on any atom is 0.251 e.